The van der Waals surface area contributed by atoms with E-state index in [2.05, 4.69) is 10.3 Å². The zero-order chi connectivity index (χ0) is 19.9. The molecule has 2 amide bonds. The van der Waals surface area contributed by atoms with Crippen LogP contribution in [0.25, 0.3) is 0 Å². The van der Waals surface area contributed by atoms with E-state index in [0.717, 1.165) is 0 Å². The molecule has 0 radical (unpaired) electrons. The number of methoxy groups -OCH3 is 1. The maximum absolute atomic E-state index is 12.8. The Bertz CT molecular complexity index is 651. The summed E-state index contributed by atoms with van der Waals surface area (Å²) in [6, 6.07) is -0.379. The number of aromatic nitrogens is 1. The lowest BCUT2D eigenvalue weighted by molar-refractivity contribution is 0.0519. The SMILES string of the molecule is CCOC(=O)c1[nH]c(C)c(C(=O)CN(CCOC)C(=O)NC(C)C)c1C. The number of hydrogen-bond acceptors (Lipinski definition) is 5. The van der Waals surface area contributed by atoms with Gasteiger partial charge in [-0.05, 0) is 40.2 Å². The molecule has 8 nitrogen and oxygen atoms in total. The number of nitrogens with zero attached hydrogens (tertiary/aromatic N) is 1. The van der Waals surface area contributed by atoms with E-state index < -0.39 is 5.97 Å². The third-order valence-electron chi connectivity index (χ3n) is 3.80. The number of carbonyl (C=O) groups excluding carboxylic acids is 3. The number of nitrogens with one attached hydrogen (secondary N) is 2. The Kier molecular flexibility index (Phi) is 8.31. The summed E-state index contributed by atoms with van der Waals surface area (Å²) >= 11 is 0. The van der Waals surface area contributed by atoms with Gasteiger partial charge in [-0.1, -0.05) is 0 Å². The maximum Gasteiger partial charge on any atom is 0.355 e. The van der Waals surface area contributed by atoms with Crippen LogP contribution in [0, 0.1) is 13.8 Å². The summed E-state index contributed by atoms with van der Waals surface area (Å²) in [6.07, 6.45) is 0. The first-order valence-corrected chi connectivity index (χ1v) is 8.66. The van der Waals surface area contributed by atoms with E-state index in [-0.39, 0.29) is 43.2 Å². The lowest BCUT2D eigenvalue weighted by Crippen LogP contribution is -2.46. The van der Waals surface area contributed by atoms with E-state index >= 15 is 0 Å². The second-order valence-corrected chi connectivity index (χ2v) is 6.29. The van der Waals surface area contributed by atoms with Crippen molar-refractivity contribution in [2.45, 2.75) is 40.7 Å². The van der Waals surface area contributed by atoms with Crippen LogP contribution in [0.4, 0.5) is 4.79 Å². The lowest BCUT2D eigenvalue weighted by atomic mass is 10.1. The monoisotopic (exact) mass is 367 g/mol. The highest BCUT2D eigenvalue weighted by molar-refractivity contribution is 6.04. The van der Waals surface area contributed by atoms with Crippen LogP contribution in [-0.2, 0) is 9.47 Å². The summed E-state index contributed by atoms with van der Waals surface area (Å²) in [4.78, 5) is 41.4. The quantitative estimate of drug-likeness (QED) is 0.514. The van der Waals surface area contributed by atoms with E-state index in [9.17, 15) is 14.4 Å². The first kappa shape index (κ1) is 21.7. The Balaban J connectivity index is 3.02. The van der Waals surface area contributed by atoms with Crippen molar-refractivity contribution in [3.63, 3.8) is 0 Å². The van der Waals surface area contributed by atoms with Crippen molar-refractivity contribution >= 4 is 17.8 Å². The fraction of sp³-hybridized carbons (Fsp3) is 0.611. The van der Waals surface area contributed by atoms with Gasteiger partial charge in [0.05, 0.1) is 19.8 Å². The molecule has 1 heterocycles. The van der Waals surface area contributed by atoms with Crippen molar-refractivity contribution in [2.75, 3.05) is 33.4 Å². The van der Waals surface area contributed by atoms with Gasteiger partial charge in [-0.25, -0.2) is 9.59 Å². The fourth-order valence-corrected chi connectivity index (χ4v) is 2.62. The highest BCUT2D eigenvalue weighted by atomic mass is 16.5. The van der Waals surface area contributed by atoms with Crippen molar-refractivity contribution in [1.29, 1.82) is 0 Å². The normalized spacial score (nSPS) is 10.7. The van der Waals surface area contributed by atoms with Gasteiger partial charge in [0.1, 0.15) is 5.69 Å². The summed E-state index contributed by atoms with van der Waals surface area (Å²) in [6.45, 7) is 9.57. The van der Waals surface area contributed by atoms with Gasteiger partial charge in [0.25, 0.3) is 0 Å². The van der Waals surface area contributed by atoms with Crippen molar-refractivity contribution < 1.29 is 23.9 Å². The zero-order valence-electron chi connectivity index (χ0n) is 16.4. The van der Waals surface area contributed by atoms with Crippen LogP contribution >= 0.6 is 0 Å². The number of ether oxygens (including phenoxy) is 2. The van der Waals surface area contributed by atoms with Gasteiger partial charge in [-0.3, -0.25) is 4.79 Å². The number of rotatable bonds is 9. The number of amides is 2. The van der Waals surface area contributed by atoms with Gasteiger partial charge in [0.15, 0.2) is 5.78 Å². The predicted molar refractivity (Wildman–Crippen MR) is 97.7 cm³/mol. The number of carbonyl (C=O) groups is 3. The summed E-state index contributed by atoms with van der Waals surface area (Å²) in [5.74, 6) is -0.747. The molecule has 0 saturated carbocycles. The van der Waals surface area contributed by atoms with E-state index in [4.69, 9.17) is 9.47 Å². The molecule has 2 N–H and O–H groups in total. The number of hydrogen-bond donors (Lipinski definition) is 2. The van der Waals surface area contributed by atoms with Gasteiger partial charge in [0.2, 0.25) is 0 Å². The van der Waals surface area contributed by atoms with Gasteiger partial charge in [0, 0.05) is 31.0 Å². The third-order valence-corrected chi connectivity index (χ3v) is 3.80. The van der Waals surface area contributed by atoms with Crippen LogP contribution in [0.2, 0.25) is 0 Å². The van der Waals surface area contributed by atoms with Crippen LogP contribution in [0.3, 0.4) is 0 Å². The maximum atomic E-state index is 12.8. The molecule has 26 heavy (non-hydrogen) atoms. The van der Waals surface area contributed by atoms with Crippen LogP contribution in [0.1, 0.15) is 52.9 Å². The van der Waals surface area contributed by atoms with Gasteiger partial charge >= 0.3 is 12.0 Å². The van der Waals surface area contributed by atoms with Gasteiger partial charge in [-0.2, -0.15) is 0 Å². The standard InChI is InChI=1S/C18H29N3O5/c1-7-26-17(23)16-12(4)15(13(5)20-16)14(22)10-21(8-9-25-6)18(24)19-11(2)3/h11,20H,7-10H2,1-6H3,(H,19,24). The molecule has 0 bridgehead atoms. The largest absolute Gasteiger partial charge is 0.461 e. The van der Waals surface area contributed by atoms with Crippen molar-refractivity contribution in [3.8, 4) is 0 Å². The molecule has 0 aromatic carbocycles. The minimum absolute atomic E-state index is 0.0474. The number of esters is 1. The molecular weight excluding hydrogens is 338 g/mol. The average molecular weight is 367 g/mol. The van der Waals surface area contributed by atoms with Crippen molar-refractivity contribution in [2.24, 2.45) is 0 Å². The molecule has 8 heteroatoms. The van der Waals surface area contributed by atoms with Crippen LogP contribution < -0.4 is 5.32 Å². The minimum Gasteiger partial charge on any atom is -0.461 e. The Labute approximate surface area is 154 Å². The highest BCUT2D eigenvalue weighted by Crippen LogP contribution is 2.20. The lowest BCUT2D eigenvalue weighted by Gasteiger charge is -2.23. The molecule has 0 atom stereocenters. The van der Waals surface area contributed by atoms with Crippen molar-refractivity contribution in [1.82, 2.24) is 15.2 Å². The number of aromatic amines is 1. The Morgan fingerprint density at radius 1 is 1.23 bits per heavy atom. The number of urea groups is 1. The Morgan fingerprint density at radius 2 is 1.88 bits per heavy atom. The smallest absolute Gasteiger partial charge is 0.355 e. The van der Waals surface area contributed by atoms with Crippen molar-refractivity contribution in [3.05, 3.63) is 22.5 Å². The van der Waals surface area contributed by atoms with Crippen LogP contribution in [0.15, 0.2) is 0 Å². The number of H-pyrrole nitrogens is 1. The summed E-state index contributed by atoms with van der Waals surface area (Å²) in [7, 11) is 1.53. The van der Waals surface area contributed by atoms with E-state index in [1.165, 1.54) is 12.0 Å². The second kappa shape index (κ2) is 9.96. The molecule has 146 valence electrons. The summed E-state index contributed by atoms with van der Waals surface area (Å²) in [5, 5.41) is 2.78. The van der Waals surface area contributed by atoms with Gasteiger partial charge < -0.3 is 24.7 Å². The molecule has 0 saturated heterocycles. The molecule has 0 unspecified atom stereocenters. The third kappa shape index (κ3) is 5.59. The Morgan fingerprint density at radius 3 is 2.42 bits per heavy atom. The first-order chi connectivity index (χ1) is 12.2. The molecule has 0 aliphatic rings. The van der Waals surface area contributed by atoms with E-state index in [1.807, 2.05) is 13.8 Å². The molecule has 1 rings (SSSR count). The van der Waals surface area contributed by atoms with Gasteiger partial charge in [-0.15, -0.1) is 0 Å². The van der Waals surface area contributed by atoms with Crippen LogP contribution in [0.5, 0.6) is 0 Å². The molecular formula is C18H29N3O5. The molecule has 0 aliphatic carbocycles. The second-order valence-electron chi connectivity index (χ2n) is 6.29. The van der Waals surface area contributed by atoms with E-state index in [1.54, 1.807) is 20.8 Å². The Hall–Kier alpha value is -2.35. The molecule has 1 aromatic heterocycles. The predicted octanol–water partition coefficient (Wildman–Crippen LogP) is 2.06. The highest BCUT2D eigenvalue weighted by Gasteiger charge is 2.25. The zero-order valence-corrected chi connectivity index (χ0v) is 16.4. The molecule has 1 aromatic rings. The summed E-state index contributed by atoms with van der Waals surface area (Å²) in [5.41, 5.74) is 1.78. The molecule has 0 aliphatic heterocycles. The van der Waals surface area contributed by atoms with Crippen LogP contribution in [-0.4, -0.2) is 67.1 Å². The summed E-state index contributed by atoms with van der Waals surface area (Å²) < 4.78 is 10.0. The van der Waals surface area contributed by atoms with E-state index in [0.29, 0.717) is 23.4 Å². The molecule has 0 fully saturated rings. The first-order valence-electron chi connectivity index (χ1n) is 8.66. The average Bonchev–Trinajstić information content (AvgIpc) is 2.85. The molecule has 0 spiro atoms. The number of Topliss-reactive ketones (excluding diaryl/α,β-unsaturated/α-hetero) is 1. The fourth-order valence-electron chi connectivity index (χ4n) is 2.62. The topological polar surface area (TPSA) is 101 Å². The number of aryl methyl sites for hydroxylation is 1. The minimum atomic E-state index is -0.499. The number of ketones is 1.